The molecular weight excluding hydrogens is 344 g/mol. The third kappa shape index (κ3) is 2.94. The monoisotopic (exact) mass is 349 g/mol. The fourth-order valence-electron chi connectivity index (χ4n) is 1.30. The molecule has 0 amide bonds. The van der Waals surface area contributed by atoms with Crippen molar-refractivity contribution in [2.24, 2.45) is 0 Å². The van der Waals surface area contributed by atoms with Gasteiger partial charge in [0.05, 0.1) is 10.4 Å². The smallest absolute Gasteiger partial charge is 0.256 e. The molecule has 0 atom stereocenters. The van der Waals surface area contributed by atoms with Crippen molar-refractivity contribution in [1.29, 1.82) is 0 Å². The van der Waals surface area contributed by atoms with Gasteiger partial charge in [0.1, 0.15) is 5.75 Å². The van der Waals surface area contributed by atoms with Gasteiger partial charge in [0, 0.05) is 16.8 Å². The third-order valence-corrected chi connectivity index (χ3v) is 3.32. The number of ether oxygens (including phenoxy) is 1. The van der Waals surface area contributed by atoms with Crippen molar-refractivity contribution in [3.05, 3.63) is 51.3 Å². The summed E-state index contributed by atoms with van der Waals surface area (Å²) >= 11 is 14.7. The Balaban J connectivity index is 2.34. The Hall–Kier alpha value is -0.840. The van der Waals surface area contributed by atoms with Crippen molar-refractivity contribution >= 4 is 39.1 Å². The van der Waals surface area contributed by atoms with E-state index in [0.717, 1.165) is 0 Å². The molecule has 0 unspecified atom stereocenters. The van der Waals surface area contributed by atoms with Gasteiger partial charge >= 0.3 is 0 Å². The second-order valence-corrected chi connectivity index (χ2v) is 4.96. The van der Waals surface area contributed by atoms with E-state index < -0.39 is 5.82 Å². The highest BCUT2D eigenvalue weighted by Gasteiger charge is 2.12. The molecule has 1 heterocycles. The second kappa shape index (κ2) is 5.87. The Labute approximate surface area is 122 Å². The van der Waals surface area contributed by atoms with E-state index in [4.69, 9.17) is 27.9 Å². The van der Waals surface area contributed by atoms with Gasteiger partial charge in [-0.1, -0.05) is 11.6 Å². The first-order valence-electron chi connectivity index (χ1n) is 4.94. The summed E-state index contributed by atoms with van der Waals surface area (Å²) in [6, 6.07) is 6.43. The van der Waals surface area contributed by atoms with Crippen LogP contribution in [0.4, 0.5) is 4.39 Å². The van der Waals surface area contributed by atoms with Crippen molar-refractivity contribution in [2.75, 3.05) is 0 Å². The summed E-state index contributed by atoms with van der Waals surface area (Å²) in [7, 11) is 0. The van der Waals surface area contributed by atoms with Crippen LogP contribution in [0.5, 0.6) is 11.6 Å². The van der Waals surface area contributed by atoms with Crippen LogP contribution in [-0.4, -0.2) is 4.98 Å². The fourth-order valence-corrected chi connectivity index (χ4v) is 2.27. The molecule has 0 N–H and O–H groups in total. The summed E-state index contributed by atoms with van der Waals surface area (Å²) in [5.74, 6) is -0.185. The Kier molecular flexibility index (Phi) is 4.43. The number of nitrogens with zero attached hydrogens (tertiary/aromatic N) is 1. The molecule has 0 spiro atoms. The highest BCUT2D eigenvalue weighted by Crippen LogP contribution is 2.32. The minimum absolute atomic E-state index is 0.0620. The van der Waals surface area contributed by atoms with Crippen molar-refractivity contribution in [2.45, 2.75) is 5.88 Å². The van der Waals surface area contributed by atoms with Gasteiger partial charge in [-0.2, -0.15) is 0 Å². The summed E-state index contributed by atoms with van der Waals surface area (Å²) in [4.78, 5) is 3.84. The SMILES string of the molecule is Fc1c(CCl)ccnc1Oc1ccc(Cl)cc1Br. The van der Waals surface area contributed by atoms with Gasteiger partial charge in [0.15, 0.2) is 5.82 Å². The normalized spacial score (nSPS) is 10.4. The molecule has 0 saturated carbocycles. The summed E-state index contributed by atoms with van der Waals surface area (Å²) in [5, 5.41) is 0.553. The van der Waals surface area contributed by atoms with Crippen molar-refractivity contribution in [1.82, 2.24) is 4.98 Å². The molecule has 0 saturated heterocycles. The maximum Gasteiger partial charge on any atom is 0.256 e. The van der Waals surface area contributed by atoms with E-state index in [-0.39, 0.29) is 11.8 Å². The molecular formula is C12H7BrCl2FNO. The standard InChI is InChI=1S/C12H7BrCl2FNO/c13-9-5-8(15)1-2-10(9)18-12-11(16)7(6-14)3-4-17-12/h1-5H,6H2. The lowest BCUT2D eigenvalue weighted by Crippen LogP contribution is -1.96. The number of benzene rings is 1. The molecule has 0 bridgehead atoms. The van der Waals surface area contributed by atoms with Gasteiger partial charge in [-0.3, -0.25) is 0 Å². The first kappa shape index (κ1) is 13.6. The molecule has 94 valence electrons. The summed E-state index contributed by atoms with van der Waals surface area (Å²) in [6.07, 6.45) is 1.44. The minimum Gasteiger partial charge on any atom is -0.435 e. The van der Waals surface area contributed by atoms with Crippen LogP contribution < -0.4 is 4.74 Å². The Morgan fingerprint density at radius 1 is 1.33 bits per heavy atom. The zero-order chi connectivity index (χ0) is 13.1. The lowest BCUT2D eigenvalue weighted by molar-refractivity contribution is 0.418. The van der Waals surface area contributed by atoms with Crippen LogP contribution in [0.3, 0.4) is 0 Å². The fraction of sp³-hybridized carbons (Fsp3) is 0.0833. The molecule has 2 aromatic rings. The van der Waals surface area contributed by atoms with E-state index in [2.05, 4.69) is 20.9 Å². The minimum atomic E-state index is -0.561. The van der Waals surface area contributed by atoms with Crippen LogP contribution >= 0.6 is 39.1 Å². The van der Waals surface area contributed by atoms with Gasteiger partial charge in [-0.15, -0.1) is 11.6 Å². The molecule has 0 radical (unpaired) electrons. The van der Waals surface area contributed by atoms with Gasteiger partial charge < -0.3 is 4.74 Å². The van der Waals surface area contributed by atoms with Crippen molar-refractivity contribution in [3.63, 3.8) is 0 Å². The number of alkyl halides is 1. The molecule has 0 aliphatic carbocycles. The maximum absolute atomic E-state index is 13.9. The third-order valence-electron chi connectivity index (χ3n) is 2.18. The molecule has 18 heavy (non-hydrogen) atoms. The average molecular weight is 351 g/mol. The quantitative estimate of drug-likeness (QED) is 0.712. The number of hydrogen-bond acceptors (Lipinski definition) is 2. The van der Waals surface area contributed by atoms with Crippen LogP contribution in [-0.2, 0) is 5.88 Å². The van der Waals surface area contributed by atoms with Gasteiger partial charge in [-0.05, 0) is 40.2 Å². The Morgan fingerprint density at radius 3 is 2.78 bits per heavy atom. The van der Waals surface area contributed by atoms with E-state index >= 15 is 0 Å². The number of pyridine rings is 1. The second-order valence-electron chi connectivity index (χ2n) is 3.40. The molecule has 1 aromatic carbocycles. The number of halogens is 4. The van der Waals surface area contributed by atoms with Crippen molar-refractivity contribution < 1.29 is 9.13 Å². The van der Waals surface area contributed by atoms with E-state index in [1.165, 1.54) is 12.3 Å². The zero-order valence-electron chi connectivity index (χ0n) is 8.96. The summed E-state index contributed by atoms with van der Waals surface area (Å²) < 4.78 is 19.9. The van der Waals surface area contributed by atoms with Crippen LogP contribution in [0.2, 0.25) is 5.02 Å². The Morgan fingerprint density at radius 2 is 2.11 bits per heavy atom. The van der Waals surface area contributed by atoms with E-state index in [1.807, 2.05) is 0 Å². The van der Waals surface area contributed by atoms with Gasteiger partial charge in [0.2, 0.25) is 0 Å². The summed E-state index contributed by atoms with van der Waals surface area (Å²) in [6.45, 7) is 0. The number of aromatic nitrogens is 1. The summed E-state index contributed by atoms with van der Waals surface area (Å²) in [5.41, 5.74) is 0.340. The maximum atomic E-state index is 13.9. The molecule has 6 heteroatoms. The predicted octanol–water partition coefficient (Wildman–Crippen LogP) is 5.17. The first-order valence-corrected chi connectivity index (χ1v) is 6.64. The lowest BCUT2D eigenvalue weighted by atomic mass is 10.3. The first-order chi connectivity index (χ1) is 8.61. The number of rotatable bonds is 3. The molecule has 0 aliphatic heterocycles. The van der Waals surface area contributed by atoms with E-state index in [9.17, 15) is 4.39 Å². The molecule has 2 nitrogen and oxygen atoms in total. The molecule has 1 aromatic heterocycles. The van der Waals surface area contributed by atoms with Crippen molar-refractivity contribution in [3.8, 4) is 11.6 Å². The van der Waals surface area contributed by atoms with Crippen LogP contribution in [0, 0.1) is 5.82 Å². The largest absolute Gasteiger partial charge is 0.435 e. The molecule has 0 fully saturated rings. The average Bonchev–Trinajstić information content (AvgIpc) is 2.35. The zero-order valence-corrected chi connectivity index (χ0v) is 12.1. The van der Waals surface area contributed by atoms with Crippen LogP contribution in [0.1, 0.15) is 5.56 Å². The van der Waals surface area contributed by atoms with E-state index in [0.29, 0.717) is 20.8 Å². The lowest BCUT2D eigenvalue weighted by Gasteiger charge is -2.09. The highest BCUT2D eigenvalue weighted by atomic mass is 79.9. The molecule has 2 rings (SSSR count). The van der Waals surface area contributed by atoms with Gasteiger partial charge in [0.25, 0.3) is 5.88 Å². The predicted molar refractivity (Wildman–Crippen MR) is 73.0 cm³/mol. The van der Waals surface area contributed by atoms with E-state index in [1.54, 1.807) is 18.2 Å². The topological polar surface area (TPSA) is 22.1 Å². The molecule has 0 aliphatic rings. The highest BCUT2D eigenvalue weighted by molar-refractivity contribution is 9.10. The van der Waals surface area contributed by atoms with Crippen LogP contribution in [0.25, 0.3) is 0 Å². The van der Waals surface area contributed by atoms with Crippen LogP contribution in [0.15, 0.2) is 34.9 Å². The Bertz CT molecular complexity index is 580. The van der Waals surface area contributed by atoms with Gasteiger partial charge in [-0.25, -0.2) is 9.37 Å². The number of hydrogen-bond donors (Lipinski definition) is 0.